The van der Waals surface area contributed by atoms with Crippen LogP contribution in [0.2, 0.25) is 0 Å². The number of rotatable bonds is 7. The lowest BCUT2D eigenvalue weighted by molar-refractivity contribution is -0.143. The van der Waals surface area contributed by atoms with Crippen molar-refractivity contribution in [1.82, 2.24) is 15.1 Å². The Bertz CT molecular complexity index is 873. The minimum absolute atomic E-state index is 0.00740. The molecule has 28 heavy (non-hydrogen) atoms. The lowest BCUT2D eigenvalue weighted by atomic mass is 10.1. The van der Waals surface area contributed by atoms with Crippen molar-refractivity contribution in [1.29, 1.82) is 0 Å². The fraction of sp³-hybridized carbons (Fsp3) is 0.389. The first-order valence-corrected chi connectivity index (χ1v) is 8.51. The molecule has 1 aliphatic rings. The normalized spacial score (nSPS) is 15.3. The van der Waals surface area contributed by atoms with Crippen molar-refractivity contribution >= 4 is 11.9 Å². The molecule has 1 heterocycles. The number of alkyl halides is 3. The highest BCUT2D eigenvalue weighted by atomic mass is 19.4. The Morgan fingerprint density at radius 1 is 1.32 bits per heavy atom. The number of hydrogen-bond acceptors (Lipinski definition) is 4. The number of hydrogen-bond donors (Lipinski definition) is 2. The predicted molar refractivity (Wildman–Crippen MR) is 91.4 cm³/mol. The van der Waals surface area contributed by atoms with E-state index in [0.29, 0.717) is 23.4 Å². The zero-order valence-corrected chi connectivity index (χ0v) is 14.9. The molecule has 3 rings (SSSR count). The number of carbonyl (C=O) groups is 2. The van der Waals surface area contributed by atoms with Crippen molar-refractivity contribution in [2.45, 2.75) is 25.1 Å². The van der Waals surface area contributed by atoms with Gasteiger partial charge in [-0.3, -0.25) is 4.79 Å². The van der Waals surface area contributed by atoms with Crippen molar-refractivity contribution < 1.29 is 32.6 Å². The number of carboxylic acid groups (broad SMARTS) is 1. The summed E-state index contributed by atoms with van der Waals surface area (Å²) >= 11 is 0. The molecule has 1 fully saturated rings. The van der Waals surface area contributed by atoms with Gasteiger partial charge >= 0.3 is 12.1 Å². The largest absolute Gasteiger partial charge is 0.478 e. The van der Waals surface area contributed by atoms with Crippen molar-refractivity contribution in [3.05, 3.63) is 47.3 Å². The summed E-state index contributed by atoms with van der Waals surface area (Å²) in [6, 6.07) is 5.18. The maximum absolute atomic E-state index is 13.3. The molecule has 1 aromatic heterocycles. The molecule has 1 aliphatic carbocycles. The van der Waals surface area contributed by atoms with Crippen molar-refractivity contribution in [3.63, 3.8) is 0 Å². The third-order valence-electron chi connectivity index (χ3n) is 4.50. The second kappa shape index (κ2) is 7.63. The quantitative estimate of drug-likeness (QED) is 0.749. The van der Waals surface area contributed by atoms with Gasteiger partial charge in [-0.25, -0.2) is 9.48 Å². The van der Waals surface area contributed by atoms with E-state index in [1.54, 1.807) is 7.11 Å². The van der Waals surface area contributed by atoms with Crippen molar-refractivity contribution in [2.24, 2.45) is 5.92 Å². The molecular weight excluding hydrogens is 379 g/mol. The summed E-state index contributed by atoms with van der Waals surface area (Å²) in [7, 11) is 1.55. The van der Waals surface area contributed by atoms with Gasteiger partial charge in [0.25, 0.3) is 5.91 Å². The molecule has 1 atom stereocenters. The van der Waals surface area contributed by atoms with E-state index in [1.807, 2.05) is 0 Å². The second-order valence-corrected chi connectivity index (χ2v) is 6.54. The molecule has 7 nitrogen and oxygen atoms in total. The van der Waals surface area contributed by atoms with E-state index in [0.717, 1.165) is 12.8 Å². The first kappa shape index (κ1) is 19.9. The summed E-state index contributed by atoms with van der Waals surface area (Å²) in [5.41, 5.74) is -2.07. The number of aromatic nitrogens is 2. The number of carbonyl (C=O) groups excluding carboxylic acids is 1. The number of amides is 1. The minimum Gasteiger partial charge on any atom is -0.478 e. The number of nitrogens with one attached hydrogen (secondary N) is 1. The fourth-order valence-corrected chi connectivity index (χ4v) is 2.95. The van der Waals surface area contributed by atoms with Crippen LogP contribution in [0.1, 0.15) is 39.3 Å². The number of benzene rings is 1. The Morgan fingerprint density at radius 3 is 2.46 bits per heavy atom. The maximum atomic E-state index is 13.3. The molecule has 2 aromatic rings. The van der Waals surface area contributed by atoms with Crippen LogP contribution in [0.15, 0.2) is 30.5 Å². The maximum Gasteiger partial charge on any atom is 0.434 e. The summed E-state index contributed by atoms with van der Waals surface area (Å²) in [4.78, 5) is 23.4. The van der Waals surface area contributed by atoms with Gasteiger partial charge in [0.05, 0.1) is 24.5 Å². The zero-order valence-electron chi connectivity index (χ0n) is 14.9. The molecule has 2 N–H and O–H groups in total. The first-order chi connectivity index (χ1) is 13.2. The van der Waals surface area contributed by atoms with Crippen LogP contribution in [-0.2, 0) is 10.9 Å². The van der Waals surface area contributed by atoms with Crippen molar-refractivity contribution in [3.8, 4) is 5.69 Å². The van der Waals surface area contributed by atoms with E-state index >= 15 is 0 Å². The Kier molecular flexibility index (Phi) is 5.41. The Labute approximate surface area is 158 Å². The van der Waals surface area contributed by atoms with Crippen LogP contribution in [0.3, 0.4) is 0 Å². The Balaban J connectivity index is 1.83. The third kappa shape index (κ3) is 4.16. The summed E-state index contributed by atoms with van der Waals surface area (Å²) in [6.07, 6.45) is -2.23. The number of halogens is 3. The molecule has 10 heteroatoms. The molecule has 0 aliphatic heterocycles. The highest BCUT2D eigenvalue weighted by Gasteiger charge is 2.40. The summed E-state index contributed by atoms with van der Waals surface area (Å²) in [5, 5.41) is 15.4. The highest BCUT2D eigenvalue weighted by Crippen LogP contribution is 2.34. The molecule has 1 saturated carbocycles. The van der Waals surface area contributed by atoms with Gasteiger partial charge < -0.3 is 15.2 Å². The molecule has 1 unspecified atom stereocenters. The summed E-state index contributed by atoms with van der Waals surface area (Å²) in [5.74, 6) is -1.71. The molecule has 0 saturated heterocycles. The topological polar surface area (TPSA) is 93.5 Å². The molecule has 1 aromatic carbocycles. The number of aromatic carboxylic acids is 1. The number of ether oxygens (including phenoxy) is 1. The number of nitrogens with zero attached hydrogens (tertiary/aromatic N) is 2. The Morgan fingerprint density at radius 2 is 1.96 bits per heavy atom. The van der Waals surface area contributed by atoms with Crippen LogP contribution < -0.4 is 5.32 Å². The first-order valence-electron chi connectivity index (χ1n) is 8.51. The zero-order chi connectivity index (χ0) is 20.5. The lowest BCUT2D eigenvalue weighted by Crippen LogP contribution is -2.39. The standard InChI is InChI=1S/C18H18F3N3O4/c1-28-9-14(10-2-3-10)23-16(25)11-4-6-12(7-5-11)24-15(18(19,20)21)13(8-22-24)17(26)27/h4-8,10,14H,2-3,9H2,1H3,(H,23,25)(H,26,27). The SMILES string of the molecule is COCC(NC(=O)c1ccc(-n2ncc(C(=O)O)c2C(F)(F)F)cc1)C1CC1. The van der Waals surface area contributed by atoms with Gasteiger partial charge in [-0.05, 0) is 43.0 Å². The van der Waals surface area contributed by atoms with Crippen LogP contribution in [0.4, 0.5) is 13.2 Å². The van der Waals surface area contributed by atoms with E-state index in [4.69, 9.17) is 9.84 Å². The van der Waals surface area contributed by atoms with Crippen LogP contribution in [0, 0.1) is 5.92 Å². The van der Waals surface area contributed by atoms with Crippen molar-refractivity contribution in [2.75, 3.05) is 13.7 Å². The summed E-state index contributed by atoms with van der Waals surface area (Å²) < 4.78 is 45.5. The predicted octanol–water partition coefficient (Wildman–Crippen LogP) is 2.74. The minimum atomic E-state index is -4.90. The third-order valence-corrected chi connectivity index (χ3v) is 4.50. The molecule has 0 bridgehead atoms. The van der Waals surface area contributed by atoms with Crippen LogP contribution >= 0.6 is 0 Å². The molecule has 0 radical (unpaired) electrons. The van der Waals surface area contributed by atoms with Gasteiger partial charge in [0.1, 0.15) is 5.56 Å². The number of carboxylic acids is 1. The van der Waals surface area contributed by atoms with E-state index in [2.05, 4.69) is 10.4 Å². The fourth-order valence-electron chi connectivity index (χ4n) is 2.95. The highest BCUT2D eigenvalue weighted by molar-refractivity contribution is 5.94. The van der Waals surface area contributed by atoms with Gasteiger partial charge in [-0.15, -0.1) is 0 Å². The van der Waals surface area contributed by atoms with Gasteiger partial charge in [-0.1, -0.05) is 0 Å². The average Bonchev–Trinajstić information content (AvgIpc) is 3.37. The van der Waals surface area contributed by atoms with Gasteiger partial charge in [0.15, 0.2) is 5.69 Å². The van der Waals surface area contributed by atoms with E-state index in [1.165, 1.54) is 24.3 Å². The second-order valence-electron chi connectivity index (χ2n) is 6.54. The molecule has 0 spiro atoms. The smallest absolute Gasteiger partial charge is 0.434 e. The monoisotopic (exact) mass is 397 g/mol. The van der Waals surface area contributed by atoms with E-state index < -0.39 is 23.4 Å². The molecule has 1 amide bonds. The van der Waals surface area contributed by atoms with Crippen LogP contribution in [0.25, 0.3) is 5.69 Å². The van der Waals surface area contributed by atoms with E-state index in [-0.39, 0.29) is 23.2 Å². The Hall–Kier alpha value is -2.88. The molecule has 150 valence electrons. The number of methoxy groups -OCH3 is 1. The van der Waals surface area contributed by atoms with Gasteiger partial charge in [0, 0.05) is 12.7 Å². The van der Waals surface area contributed by atoms with Gasteiger partial charge in [-0.2, -0.15) is 18.3 Å². The van der Waals surface area contributed by atoms with Crippen LogP contribution in [0.5, 0.6) is 0 Å². The average molecular weight is 397 g/mol. The molecular formula is C18H18F3N3O4. The summed E-state index contributed by atoms with van der Waals surface area (Å²) in [6.45, 7) is 0.384. The van der Waals surface area contributed by atoms with Crippen LogP contribution in [-0.4, -0.2) is 46.5 Å². The lowest BCUT2D eigenvalue weighted by Gasteiger charge is -2.17. The van der Waals surface area contributed by atoms with Gasteiger partial charge in [0.2, 0.25) is 0 Å². The van der Waals surface area contributed by atoms with E-state index in [9.17, 15) is 22.8 Å².